The lowest BCUT2D eigenvalue weighted by atomic mass is 10.2. The summed E-state index contributed by atoms with van der Waals surface area (Å²) in [6.07, 6.45) is 0. The van der Waals surface area contributed by atoms with Crippen molar-refractivity contribution >= 4 is 22.9 Å². The molecule has 0 aliphatic carbocycles. The molecule has 1 heterocycles. The van der Waals surface area contributed by atoms with E-state index in [4.69, 9.17) is 0 Å². The molecular formula is C14H16N2OS. The van der Waals surface area contributed by atoms with Crippen LogP contribution in [-0.2, 0) is 11.3 Å². The molecule has 1 amide bonds. The first kappa shape index (κ1) is 12.8. The van der Waals surface area contributed by atoms with Crippen molar-refractivity contribution in [3.05, 3.63) is 52.2 Å². The standard InChI is InChI=1S/C14H16N2OS/c1-11-3-2-4-13(7-11)16-14(17)9-15-8-12-5-6-18-10-12/h2-7,10,15H,8-9H2,1H3,(H,16,17). The van der Waals surface area contributed by atoms with Crippen LogP contribution in [0.3, 0.4) is 0 Å². The molecule has 2 rings (SSSR count). The zero-order valence-corrected chi connectivity index (χ0v) is 11.1. The van der Waals surface area contributed by atoms with Crippen LogP contribution >= 0.6 is 11.3 Å². The van der Waals surface area contributed by atoms with Gasteiger partial charge in [-0.2, -0.15) is 11.3 Å². The Hall–Kier alpha value is -1.65. The van der Waals surface area contributed by atoms with E-state index in [1.165, 1.54) is 5.56 Å². The van der Waals surface area contributed by atoms with Crippen LogP contribution in [0.25, 0.3) is 0 Å². The lowest BCUT2D eigenvalue weighted by Gasteiger charge is -2.06. The molecule has 18 heavy (non-hydrogen) atoms. The van der Waals surface area contributed by atoms with E-state index in [0.29, 0.717) is 6.54 Å². The Labute approximate surface area is 111 Å². The molecule has 1 aromatic heterocycles. The Morgan fingerprint density at radius 2 is 2.22 bits per heavy atom. The summed E-state index contributed by atoms with van der Waals surface area (Å²) in [4.78, 5) is 11.7. The zero-order chi connectivity index (χ0) is 12.8. The van der Waals surface area contributed by atoms with Gasteiger partial charge in [-0.1, -0.05) is 12.1 Å². The van der Waals surface area contributed by atoms with Gasteiger partial charge in [-0.05, 0) is 47.0 Å². The quantitative estimate of drug-likeness (QED) is 0.868. The molecule has 0 aliphatic rings. The number of hydrogen-bond donors (Lipinski definition) is 2. The second kappa shape index (κ2) is 6.33. The molecule has 4 heteroatoms. The second-order valence-electron chi connectivity index (χ2n) is 4.15. The maximum absolute atomic E-state index is 11.7. The first-order valence-corrected chi connectivity index (χ1v) is 6.76. The fraction of sp³-hybridized carbons (Fsp3) is 0.214. The van der Waals surface area contributed by atoms with E-state index in [0.717, 1.165) is 17.8 Å². The van der Waals surface area contributed by atoms with Gasteiger partial charge in [-0.3, -0.25) is 4.79 Å². The Morgan fingerprint density at radius 1 is 1.33 bits per heavy atom. The van der Waals surface area contributed by atoms with Crippen molar-refractivity contribution in [2.75, 3.05) is 11.9 Å². The van der Waals surface area contributed by atoms with Crippen LogP contribution in [-0.4, -0.2) is 12.5 Å². The lowest BCUT2D eigenvalue weighted by Crippen LogP contribution is -2.27. The third kappa shape index (κ3) is 3.98. The van der Waals surface area contributed by atoms with Crippen molar-refractivity contribution in [1.82, 2.24) is 5.32 Å². The number of carbonyl (C=O) groups excluding carboxylic acids is 1. The molecule has 0 fully saturated rings. The second-order valence-corrected chi connectivity index (χ2v) is 4.93. The Morgan fingerprint density at radius 3 is 2.94 bits per heavy atom. The lowest BCUT2D eigenvalue weighted by molar-refractivity contribution is -0.115. The molecule has 2 aromatic rings. The number of rotatable bonds is 5. The van der Waals surface area contributed by atoms with E-state index in [1.807, 2.05) is 36.6 Å². The number of thiophene rings is 1. The number of aryl methyl sites for hydroxylation is 1. The van der Waals surface area contributed by atoms with Crippen molar-refractivity contribution in [2.45, 2.75) is 13.5 Å². The third-order valence-electron chi connectivity index (χ3n) is 2.50. The van der Waals surface area contributed by atoms with Crippen molar-refractivity contribution in [1.29, 1.82) is 0 Å². The molecule has 3 nitrogen and oxygen atoms in total. The molecule has 0 unspecified atom stereocenters. The van der Waals surface area contributed by atoms with Gasteiger partial charge in [-0.25, -0.2) is 0 Å². The van der Waals surface area contributed by atoms with Crippen LogP contribution in [0.15, 0.2) is 41.1 Å². The normalized spacial score (nSPS) is 10.3. The fourth-order valence-corrected chi connectivity index (χ4v) is 2.31. The molecule has 1 aromatic carbocycles. The SMILES string of the molecule is Cc1cccc(NC(=O)CNCc2ccsc2)c1. The molecule has 0 spiro atoms. The van der Waals surface area contributed by atoms with Crippen LogP contribution in [0.4, 0.5) is 5.69 Å². The first-order chi connectivity index (χ1) is 8.74. The smallest absolute Gasteiger partial charge is 0.238 e. The van der Waals surface area contributed by atoms with Crippen LogP contribution < -0.4 is 10.6 Å². The van der Waals surface area contributed by atoms with Gasteiger partial charge in [0.25, 0.3) is 0 Å². The van der Waals surface area contributed by atoms with Gasteiger partial charge in [0.1, 0.15) is 0 Å². The Balaban J connectivity index is 1.75. The minimum atomic E-state index is -0.0178. The summed E-state index contributed by atoms with van der Waals surface area (Å²) in [5.41, 5.74) is 3.19. The molecule has 94 valence electrons. The topological polar surface area (TPSA) is 41.1 Å². The first-order valence-electron chi connectivity index (χ1n) is 5.82. The minimum absolute atomic E-state index is 0.0178. The van der Waals surface area contributed by atoms with E-state index in [1.54, 1.807) is 11.3 Å². The van der Waals surface area contributed by atoms with Crippen molar-refractivity contribution in [2.24, 2.45) is 0 Å². The van der Waals surface area contributed by atoms with Crippen molar-refractivity contribution in [3.8, 4) is 0 Å². The minimum Gasteiger partial charge on any atom is -0.325 e. The largest absolute Gasteiger partial charge is 0.325 e. The summed E-state index contributed by atoms with van der Waals surface area (Å²) >= 11 is 1.66. The molecule has 0 saturated heterocycles. The van der Waals surface area contributed by atoms with E-state index in [9.17, 15) is 4.79 Å². The van der Waals surface area contributed by atoms with Gasteiger partial charge < -0.3 is 10.6 Å². The summed E-state index contributed by atoms with van der Waals surface area (Å²) < 4.78 is 0. The number of nitrogens with one attached hydrogen (secondary N) is 2. The molecule has 0 radical (unpaired) electrons. The number of carbonyl (C=O) groups is 1. The van der Waals surface area contributed by atoms with Crippen molar-refractivity contribution < 1.29 is 4.79 Å². The molecule has 0 aliphatic heterocycles. The van der Waals surface area contributed by atoms with Gasteiger partial charge in [0.15, 0.2) is 0 Å². The Kier molecular flexibility index (Phi) is 4.50. The predicted octanol–water partition coefficient (Wildman–Crippen LogP) is 2.78. The number of anilines is 1. The van der Waals surface area contributed by atoms with Crippen LogP contribution in [0.5, 0.6) is 0 Å². The fourth-order valence-electron chi connectivity index (χ4n) is 1.64. The summed E-state index contributed by atoms with van der Waals surface area (Å²) in [5.74, 6) is -0.0178. The summed E-state index contributed by atoms with van der Waals surface area (Å²) in [5, 5.41) is 10.1. The van der Waals surface area contributed by atoms with E-state index in [2.05, 4.69) is 22.1 Å². The van der Waals surface area contributed by atoms with Gasteiger partial charge >= 0.3 is 0 Å². The van der Waals surface area contributed by atoms with Gasteiger partial charge in [0, 0.05) is 12.2 Å². The van der Waals surface area contributed by atoms with Crippen LogP contribution in [0.2, 0.25) is 0 Å². The highest BCUT2D eigenvalue weighted by Crippen LogP contribution is 2.09. The highest BCUT2D eigenvalue weighted by atomic mass is 32.1. The molecule has 0 saturated carbocycles. The van der Waals surface area contributed by atoms with Crippen LogP contribution in [0, 0.1) is 6.92 Å². The average molecular weight is 260 g/mol. The highest BCUT2D eigenvalue weighted by molar-refractivity contribution is 7.07. The monoisotopic (exact) mass is 260 g/mol. The third-order valence-corrected chi connectivity index (χ3v) is 3.23. The highest BCUT2D eigenvalue weighted by Gasteiger charge is 2.02. The molecule has 0 atom stereocenters. The van der Waals surface area contributed by atoms with E-state index >= 15 is 0 Å². The Bertz CT molecular complexity index is 508. The van der Waals surface area contributed by atoms with Gasteiger partial charge in [0.2, 0.25) is 5.91 Å². The summed E-state index contributed by atoms with van der Waals surface area (Å²) in [6.45, 7) is 3.05. The number of amides is 1. The summed E-state index contributed by atoms with van der Waals surface area (Å²) in [7, 11) is 0. The molecule has 0 bridgehead atoms. The van der Waals surface area contributed by atoms with Gasteiger partial charge in [-0.15, -0.1) is 0 Å². The van der Waals surface area contributed by atoms with Crippen molar-refractivity contribution in [3.63, 3.8) is 0 Å². The van der Waals surface area contributed by atoms with Gasteiger partial charge in [0.05, 0.1) is 6.54 Å². The molecular weight excluding hydrogens is 244 g/mol. The predicted molar refractivity (Wildman–Crippen MR) is 75.8 cm³/mol. The average Bonchev–Trinajstić information content (AvgIpc) is 2.82. The maximum Gasteiger partial charge on any atom is 0.238 e. The number of hydrogen-bond acceptors (Lipinski definition) is 3. The zero-order valence-electron chi connectivity index (χ0n) is 10.3. The van der Waals surface area contributed by atoms with E-state index < -0.39 is 0 Å². The van der Waals surface area contributed by atoms with E-state index in [-0.39, 0.29) is 5.91 Å². The van der Waals surface area contributed by atoms with Crippen LogP contribution in [0.1, 0.15) is 11.1 Å². The maximum atomic E-state index is 11.7. The number of benzene rings is 1. The molecule has 2 N–H and O–H groups in total. The summed E-state index contributed by atoms with van der Waals surface area (Å²) in [6, 6.07) is 9.84.